The lowest BCUT2D eigenvalue weighted by atomic mass is 9.47. The van der Waals surface area contributed by atoms with Gasteiger partial charge in [-0.2, -0.15) is 0 Å². The minimum absolute atomic E-state index is 0.157. The van der Waals surface area contributed by atoms with Crippen LogP contribution in [0.15, 0.2) is 102 Å². The summed E-state index contributed by atoms with van der Waals surface area (Å²) in [6.07, 6.45) is 1.94. The molecule has 4 aromatic rings. The molecule has 4 aliphatic rings. The van der Waals surface area contributed by atoms with Gasteiger partial charge in [0.2, 0.25) is 11.8 Å². The van der Waals surface area contributed by atoms with Crippen LogP contribution >= 0.6 is 22.6 Å². The lowest BCUT2D eigenvalue weighted by Gasteiger charge is -2.52. The predicted molar refractivity (Wildman–Crippen MR) is 160 cm³/mol. The van der Waals surface area contributed by atoms with Gasteiger partial charge in [-0.05, 0) is 100 Å². The maximum atomic E-state index is 14.4. The van der Waals surface area contributed by atoms with E-state index in [4.69, 9.17) is 9.73 Å². The predicted octanol–water partition coefficient (Wildman–Crippen LogP) is 6.64. The van der Waals surface area contributed by atoms with Gasteiger partial charge in [0.25, 0.3) is 0 Å². The zero-order valence-electron chi connectivity index (χ0n) is 21.3. The fourth-order valence-corrected chi connectivity index (χ4v) is 7.23. The van der Waals surface area contributed by atoms with Crippen LogP contribution in [-0.4, -0.2) is 24.6 Å². The number of carbonyl (C=O) groups excluding carboxylic acids is 2. The van der Waals surface area contributed by atoms with Gasteiger partial charge in [0, 0.05) is 15.7 Å². The van der Waals surface area contributed by atoms with Crippen LogP contribution in [0, 0.1) is 15.4 Å². The first-order chi connectivity index (χ1) is 19.0. The number of anilines is 1. The standard InChI is InChI=1S/C33H25IN2O3/c1-2-39-23-17-15-22(16-18-23)36-31(37)29-28-24-7-3-5-9-26(24)33(30(29)32(36)38,27-10-6-4-8-25(27)28)19-35-21-13-11-20(34)12-14-21/h3-19,28-30H,2H2,1H3/t28?,29-,30-,33?/m0/s1. The minimum Gasteiger partial charge on any atom is -0.494 e. The molecule has 2 bridgehead atoms. The lowest BCUT2D eigenvalue weighted by Crippen LogP contribution is -2.54. The molecule has 8 rings (SSSR count). The number of aliphatic imine (C=N–C) groups is 1. The maximum absolute atomic E-state index is 14.4. The zero-order chi connectivity index (χ0) is 26.7. The van der Waals surface area contributed by atoms with Crippen LogP contribution in [-0.2, 0) is 15.0 Å². The lowest BCUT2D eigenvalue weighted by molar-refractivity contribution is -0.122. The molecule has 3 aliphatic carbocycles. The molecule has 1 aliphatic heterocycles. The Morgan fingerprint density at radius 2 is 1.46 bits per heavy atom. The molecule has 192 valence electrons. The van der Waals surface area contributed by atoms with Gasteiger partial charge < -0.3 is 4.74 Å². The van der Waals surface area contributed by atoms with Crippen molar-refractivity contribution in [2.75, 3.05) is 11.5 Å². The fraction of sp³-hybridized carbons (Fsp3) is 0.182. The van der Waals surface area contributed by atoms with E-state index in [2.05, 4.69) is 46.9 Å². The van der Waals surface area contributed by atoms with Gasteiger partial charge >= 0.3 is 0 Å². The normalized spacial score (nSPS) is 24.6. The Morgan fingerprint density at radius 3 is 2.08 bits per heavy atom. The summed E-state index contributed by atoms with van der Waals surface area (Å²) in [5.74, 6) is -0.942. The minimum atomic E-state index is -0.873. The second kappa shape index (κ2) is 9.16. The highest BCUT2D eigenvalue weighted by Crippen LogP contribution is 2.63. The second-order valence-corrected chi connectivity index (χ2v) is 11.4. The average Bonchev–Trinajstić information content (AvgIpc) is 3.24. The number of carbonyl (C=O) groups is 2. The van der Waals surface area contributed by atoms with Crippen molar-refractivity contribution in [2.45, 2.75) is 18.3 Å². The first kappa shape index (κ1) is 24.3. The SMILES string of the molecule is CCOc1ccc(N2C(=O)[C@@H]3[C@@H](C2=O)C2c4ccccc4C3(C=Nc3ccc(I)cc3)c3ccccc32)cc1. The monoisotopic (exact) mass is 624 g/mol. The molecule has 4 aromatic carbocycles. The van der Waals surface area contributed by atoms with Gasteiger partial charge in [0.05, 0.1) is 35.2 Å². The Morgan fingerprint density at radius 1 is 0.846 bits per heavy atom. The molecule has 1 fully saturated rings. The summed E-state index contributed by atoms with van der Waals surface area (Å²) in [5.41, 5.74) is 4.81. The van der Waals surface area contributed by atoms with Crippen molar-refractivity contribution in [3.05, 3.63) is 123 Å². The number of imide groups is 1. The third-order valence-corrected chi connectivity index (χ3v) is 9.05. The first-order valence-electron chi connectivity index (χ1n) is 13.1. The molecule has 0 N–H and O–H groups in total. The molecule has 0 saturated carbocycles. The van der Waals surface area contributed by atoms with Crippen molar-refractivity contribution in [3.63, 3.8) is 0 Å². The number of hydrogen-bond donors (Lipinski definition) is 0. The zero-order valence-corrected chi connectivity index (χ0v) is 23.4. The number of ether oxygens (including phenoxy) is 1. The number of amides is 2. The van der Waals surface area contributed by atoms with Gasteiger partial charge in [0.1, 0.15) is 5.75 Å². The van der Waals surface area contributed by atoms with E-state index in [0.29, 0.717) is 18.0 Å². The maximum Gasteiger partial charge on any atom is 0.239 e. The Bertz CT molecular complexity index is 1600. The van der Waals surface area contributed by atoms with E-state index in [0.717, 1.165) is 31.5 Å². The van der Waals surface area contributed by atoms with Gasteiger partial charge in [-0.3, -0.25) is 14.6 Å². The Kier molecular flexibility index (Phi) is 5.70. The Balaban J connectivity index is 1.44. The molecular formula is C33H25IN2O3. The first-order valence-corrected chi connectivity index (χ1v) is 14.2. The summed E-state index contributed by atoms with van der Waals surface area (Å²) in [5, 5.41) is 0. The van der Waals surface area contributed by atoms with Gasteiger partial charge in [-0.15, -0.1) is 0 Å². The number of benzene rings is 4. The van der Waals surface area contributed by atoms with Crippen LogP contribution in [0.4, 0.5) is 11.4 Å². The third-order valence-electron chi connectivity index (χ3n) is 8.33. The molecule has 0 radical (unpaired) electrons. The van der Waals surface area contributed by atoms with Crippen molar-refractivity contribution in [3.8, 4) is 5.75 Å². The van der Waals surface area contributed by atoms with Crippen LogP contribution in [0.3, 0.4) is 0 Å². The quantitative estimate of drug-likeness (QED) is 0.142. The van der Waals surface area contributed by atoms with Gasteiger partial charge in [0.15, 0.2) is 0 Å². The summed E-state index contributed by atoms with van der Waals surface area (Å²) in [6, 6.07) is 31.7. The van der Waals surface area contributed by atoms with E-state index >= 15 is 0 Å². The summed E-state index contributed by atoms with van der Waals surface area (Å²) in [6.45, 7) is 2.47. The van der Waals surface area contributed by atoms with Crippen molar-refractivity contribution in [1.29, 1.82) is 0 Å². The number of rotatable bonds is 5. The van der Waals surface area contributed by atoms with Crippen LogP contribution in [0.1, 0.15) is 35.1 Å². The molecule has 2 atom stereocenters. The Labute approximate surface area is 240 Å². The molecule has 2 amide bonds. The summed E-state index contributed by atoms with van der Waals surface area (Å²) >= 11 is 2.28. The van der Waals surface area contributed by atoms with E-state index in [9.17, 15) is 9.59 Å². The van der Waals surface area contributed by atoms with E-state index in [1.165, 1.54) is 4.90 Å². The van der Waals surface area contributed by atoms with Gasteiger partial charge in [-0.1, -0.05) is 48.5 Å². The number of hydrogen-bond acceptors (Lipinski definition) is 4. The molecule has 0 aromatic heterocycles. The van der Waals surface area contributed by atoms with Crippen molar-refractivity contribution < 1.29 is 14.3 Å². The van der Waals surface area contributed by atoms with Crippen LogP contribution in [0.5, 0.6) is 5.75 Å². The van der Waals surface area contributed by atoms with E-state index in [-0.39, 0.29) is 17.7 Å². The van der Waals surface area contributed by atoms with Crippen molar-refractivity contribution in [1.82, 2.24) is 0 Å². The number of halogens is 1. The molecule has 0 unspecified atom stereocenters. The van der Waals surface area contributed by atoms with Gasteiger partial charge in [-0.25, -0.2) is 4.90 Å². The highest BCUT2D eigenvalue weighted by Gasteiger charge is 2.67. The molecule has 39 heavy (non-hydrogen) atoms. The van der Waals surface area contributed by atoms with E-state index in [1.807, 2.05) is 73.8 Å². The highest BCUT2D eigenvalue weighted by atomic mass is 127. The fourth-order valence-electron chi connectivity index (χ4n) is 6.87. The summed E-state index contributed by atoms with van der Waals surface area (Å²) in [4.78, 5) is 35.0. The molecule has 1 heterocycles. The topological polar surface area (TPSA) is 59.0 Å². The van der Waals surface area contributed by atoms with E-state index in [1.54, 1.807) is 12.1 Å². The second-order valence-electron chi connectivity index (χ2n) is 10.2. The van der Waals surface area contributed by atoms with E-state index < -0.39 is 17.3 Å². The number of nitrogens with zero attached hydrogens (tertiary/aromatic N) is 2. The van der Waals surface area contributed by atoms with Crippen molar-refractivity contribution >= 4 is 52.0 Å². The van der Waals surface area contributed by atoms with Crippen molar-refractivity contribution in [2.24, 2.45) is 16.8 Å². The average molecular weight is 624 g/mol. The molecule has 5 nitrogen and oxygen atoms in total. The van der Waals surface area contributed by atoms with Crippen LogP contribution < -0.4 is 9.64 Å². The van der Waals surface area contributed by atoms with Crippen LogP contribution in [0.2, 0.25) is 0 Å². The highest BCUT2D eigenvalue weighted by molar-refractivity contribution is 14.1. The molecule has 0 spiro atoms. The third kappa shape index (κ3) is 3.47. The molecule has 6 heteroatoms. The van der Waals surface area contributed by atoms with Crippen LogP contribution in [0.25, 0.3) is 0 Å². The largest absolute Gasteiger partial charge is 0.494 e. The smallest absolute Gasteiger partial charge is 0.239 e. The summed E-state index contributed by atoms with van der Waals surface area (Å²) < 4.78 is 6.72. The molecule has 1 saturated heterocycles. The molecular weight excluding hydrogens is 599 g/mol. The summed E-state index contributed by atoms with van der Waals surface area (Å²) in [7, 11) is 0. The Hall–Kier alpha value is -3.78.